The van der Waals surface area contributed by atoms with Crippen LogP contribution >= 0.6 is 17.0 Å². The van der Waals surface area contributed by atoms with Gasteiger partial charge in [-0.2, -0.15) is 0 Å². The normalized spacial score (nSPS) is 20.6. The SMILES string of the molecule is Br.Oc1ccc(CC(c2ccccc2)N2CCN(C3CCCCCC3)CC2)cc1. The van der Waals surface area contributed by atoms with Gasteiger partial charge in [0, 0.05) is 38.3 Å². The molecule has 2 aliphatic rings. The minimum Gasteiger partial charge on any atom is -0.508 e. The fourth-order valence-corrected chi connectivity index (χ4v) is 5.03. The van der Waals surface area contributed by atoms with E-state index in [1.807, 2.05) is 0 Å². The average Bonchev–Trinajstić information content (AvgIpc) is 3.04. The minimum atomic E-state index is 0. The zero-order valence-corrected chi connectivity index (χ0v) is 19.1. The Morgan fingerprint density at radius 3 is 2.03 bits per heavy atom. The molecule has 1 N–H and O–H groups in total. The zero-order chi connectivity index (χ0) is 19.2. The molecule has 0 radical (unpaired) electrons. The molecule has 1 aliphatic carbocycles. The van der Waals surface area contributed by atoms with E-state index in [0.717, 1.165) is 25.6 Å². The molecular weight excluding hydrogens is 424 g/mol. The molecule has 1 saturated carbocycles. The highest BCUT2D eigenvalue weighted by Crippen LogP contribution is 2.29. The van der Waals surface area contributed by atoms with E-state index in [-0.39, 0.29) is 17.0 Å². The standard InChI is InChI=1S/C25H34N2O.BrH/c28-24-14-12-21(13-15-24)20-25(22-8-4-3-5-9-22)27-18-16-26(17-19-27)23-10-6-1-2-7-11-23;/h3-5,8-9,12-15,23,25,28H,1-2,6-7,10-11,16-20H2;1H. The second kappa shape index (κ2) is 11.1. The molecule has 1 unspecified atom stereocenters. The summed E-state index contributed by atoms with van der Waals surface area (Å²) >= 11 is 0. The molecule has 4 heteroatoms. The molecule has 2 aromatic carbocycles. The molecule has 1 heterocycles. The fourth-order valence-electron chi connectivity index (χ4n) is 5.03. The van der Waals surface area contributed by atoms with E-state index >= 15 is 0 Å². The first kappa shape index (κ1) is 22.3. The summed E-state index contributed by atoms with van der Waals surface area (Å²) < 4.78 is 0. The van der Waals surface area contributed by atoms with Gasteiger partial charge in [0.25, 0.3) is 0 Å². The number of phenols is 1. The monoisotopic (exact) mass is 458 g/mol. The molecule has 1 atom stereocenters. The van der Waals surface area contributed by atoms with Crippen molar-refractivity contribution in [1.82, 2.24) is 9.80 Å². The third kappa shape index (κ3) is 6.07. The molecule has 0 aromatic heterocycles. The maximum Gasteiger partial charge on any atom is 0.115 e. The van der Waals surface area contributed by atoms with E-state index in [0.29, 0.717) is 11.8 Å². The van der Waals surface area contributed by atoms with Crippen molar-refractivity contribution in [3.8, 4) is 5.75 Å². The third-order valence-corrected chi connectivity index (χ3v) is 6.68. The Labute approximate surface area is 186 Å². The lowest BCUT2D eigenvalue weighted by Crippen LogP contribution is -2.51. The predicted molar refractivity (Wildman–Crippen MR) is 126 cm³/mol. The molecule has 2 aromatic rings. The van der Waals surface area contributed by atoms with Crippen LogP contribution in [-0.4, -0.2) is 47.1 Å². The highest BCUT2D eigenvalue weighted by atomic mass is 79.9. The summed E-state index contributed by atoms with van der Waals surface area (Å²) in [6.07, 6.45) is 9.48. The van der Waals surface area contributed by atoms with Gasteiger partial charge in [-0.25, -0.2) is 0 Å². The highest BCUT2D eigenvalue weighted by Gasteiger charge is 2.28. The molecule has 0 amide bonds. The van der Waals surface area contributed by atoms with E-state index in [9.17, 15) is 5.11 Å². The lowest BCUT2D eigenvalue weighted by atomic mass is 9.96. The number of hydrogen-bond donors (Lipinski definition) is 1. The number of phenolic OH excluding ortho intramolecular Hbond substituents is 1. The van der Waals surface area contributed by atoms with Gasteiger partial charge in [-0.05, 0) is 42.5 Å². The van der Waals surface area contributed by atoms with Gasteiger partial charge in [0.05, 0.1) is 0 Å². The predicted octanol–water partition coefficient (Wildman–Crippen LogP) is 5.59. The lowest BCUT2D eigenvalue weighted by molar-refractivity contribution is 0.0633. The zero-order valence-electron chi connectivity index (χ0n) is 17.4. The van der Waals surface area contributed by atoms with E-state index in [1.165, 1.54) is 62.7 Å². The molecule has 3 nitrogen and oxygen atoms in total. The van der Waals surface area contributed by atoms with Crippen LogP contribution in [0.3, 0.4) is 0 Å². The Bertz CT molecular complexity index is 705. The van der Waals surface area contributed by atoms with Gasteiger partial charge in [-0.1, -0.05) is 68.1 Å². The van der Waals surface area contributed by atoms with Crippen LogP contribution in [0.5, 0.6) is 5.75 Å². The summed E-state index contributed by atoms with van der Waals surface area (Å²) in [5.41, 5.74) is 2.69. The van der Waals surface area contributed by atoms with Crippen LogP contribution in [0.1, 0.15) is 55.7 Å². The first-order chi connectivity index (χ1) is 13.8. The van der Waals surface area contributed by atoms with Crippen molar-refractivity contribution < 1.29 is 5.11 Å². The van der Waals surface area contributed by atoms with Crippen molar-refractivity contribution in [3.05, 3.63) is 65.7 Å². The summed E-state index contributed by atoms with van der Waals surface area (Å²) in [5.74, 6) is 0.344. The van der Waals surface area contributed by atoms with Crippen LogP contribution in [0.4, 0.5) is 0 Å². The number of halogens is 1. The van der Waals surface area contributed by atoms with Crippen LogP contribution in [0, 0.1) is 0 Å². The van der Waals surface area contributed by atoms with Crippen LogP contribution in [-0.2, 0) is 6.42 Å². The van der Waals surface area contributed by atoms with Gasteiger partial charge in [-0.3, -0.25) is 9.80 Å². The van der Waals surface area contributed by atoms with Crippen molar-refractivity contribution in [1.29, 1.82) is 0 Å². The number of nitrogens with zero attached hydrogens (tertiary/aromatic N) is 2. The Morgan fingerprint density at radius 1 is 0.793 bits per heavy atom. The molecular formula is C25H35BrN2O. The van der Waals surface area contributed by atoms with Gasteiger partial charge in [0.1, 0.15) is 5.75 Å². The Hall–Kier alpha value is -1.36. The number of hydrogen-bond acceptors (Lipinski definition) is 3. The van der Waals surface area contributed by atoms with Crippen molar-refractivity contribution in [3.63, 3.8) is 0 Å². The van der Waals surface area contributed by atoms with Crippen LogP contribution in [0.2, 0.25) is 0 Å². The van der Waals surface area contributed by atoms with Gasteiger partial charge >= 0.3 is 0 Å². The number of aromatic hydroxyl groups is 1. The van der Waals surface area contributed by atoms with Crippen LogP contribution in [0.25, 0.3) is 0 Å². The van der Waals surface area contributed by atoms with Crippen LogP contribution < -0.4 is 0 Å². The second-order valence-electron chi connectivity index (χ2n) is 8.51. The summed E-state index contributed by atoms with van der Waals surface area (Å²) in [5, 5.41) is 9.61. The molecule has 2 fully saturated rings. The van der Waals surface area contributed by atoms with E-state index < -0.39 is 0 Å². The molecule has 0 spiro atoms. The Balaban J connectivity index is 0.00000240. The van der Waals surface area contributed by atoms with Crippen molar-refractivity contribution >= 4 is 17.0 Å². The first-order valence-electron chi connectivity index (χ1n) is 11.1. The quantitative estimate of drug-likeness (QED) is 0.591. The highest BCUT2D eigenvalue weighted by molar-refractivity contribution is 8.93. The van der Waals surface area contributed by atoms with E-state index in [2.05, 4.69) is 52.3 Å². The van der Waals surface area contributed by atoms with Crippen molar-refractivity contribution in [2.24, 2.45) is 0 Å². The summed E-state index contributed by atoms with van der Waals surface area (Å²) in [4.78, 5) is 5.44. The van der Waals surface area contributed by atoms with E-state index in [4.69, 9.17) is 0 Å². The molecule has 1 saturated heterocycles. The van der Waals surface area contributed by atoms with Crippen LogP contribution in [0.15, 0.2) is 54.6 Å². The molecule has 158 valence electrons. The van der Waals surface area contributed by atoms with Gasteiger partial charge in [0.2, 0.25) is 0 Å². The fraction of sp³-hybridized carbons (Fsp3) is 0.520. The average molecular weight is 459 g/mol. The first-order valence-corrected chi connectivity index (χ1v) is 11.1. The van der Waals surface area contributed by atoms with Gasteiger partial charge in [0.15, 0.2) is 0 Å². The maximum absolute atomic E-state index is 9.61. The molecule has 4 rings (SSSR count). The molecule has 1 aliphatic heterocycles. The minimum absolute atomic E-state index is 0. The topological polar surface area (TPSA) is 26.7 Å². The van der Waals surface area contributed by atoms with Gasteiger partial charge < -0.3 is 5.11 Å². The summed E-state index contributed by atoms with van der Waals surface area (Å²) in [7, 11) is 0. The molecule has 0 bridgehead atoms. The van der Waals surface area contributed by atoms with Crippen molar-refractivity contribution in [2.45, 2.75) is 57.0 Å². The van der Waals surface area contributed by atoms with E-state index in [1.54, 1.807) is 12.1 Å². The van der Waals surface area contributed by atoms with Gasteiger partial charge in [-0.15, -0.1) is 17.0 Å². The van der Waals surface area contributed by atoms with Crippen molar-refractivity contribution in [2.75, 3.05) is 26.2 Å². The summed E-state index contributed by atoms with van der Waals surface area (Å²) in [6.45, 7) is 4.69. The Kier molecular flexibility index (Phi) is 8.58. The second-order valence-corrected chi connectivity index (χ2v) is 8.51. The maximum atomic E-state index is 9.61. The smallest absolute Gasteiger partial charge is 0.115 e. The number of piperazine rings is 1. The largest absolute Gasteiger partial charge is 0.508 e. The lowest BCUT2D eigenvalue weighted by Gasteiger charge is -2.42. The molecule has 29 heavy (non-hydrogen) atoms. The summed E-state index contributed by atoms with van der Waals surface area (Å²) in [6, 6.07) is 19.9. The third-order valence-electron chi connectivity index (χ3n) is 6.68. The Morgan fingerprint density at radius 2 is 1.41 bits per heavy atom. The number of benzene rings is 2. The number of rotatable bonds is 5.